The highest BCUT2D eigenvalue weighted by atomic mass is 16.5. The standard InChI is InChI=1S/C16H23NO4/c1-4-14(21-13-8-5-7-12(2)11-13)16(20)17(3)10-6-9-15(18)19/h5,7-8,11,14H,4,6,9-10H2,1-3H3,(H,18,19). The fraction of sp³-hybridized carbons (Fsp3) is 0.500. The predicted molar refractivity (Wildman–Crippen MR) is 80.4 cm³/mol. The third-order valence-electron chi connectivity index (χ3n) is 3.17. The average Bonchev–Trinajstić information content (AvgIpc) is 2.43. The maximum absolute atomic E-state index is 12.3. The fourth-order valence-corrected chi connectivity index (χ4v) is 1.98. The van der Waals surface area contributed by atoms with Crippen LogP contribution in [-0.2, 0) is 9.59 Å². The van der Waals surface area contributed by atoms with E-state index in [4.69, 9.17) is 9.84 Å². The van der Waals surface area contributed by atoms with Gasteiger partial charge in [0.1, 0.15) is 5.75 Å². The van der Waals surface area contributed by atoms with Gasteiger partial charge in [0.15, 0.2) is 6.10 Å². The molecule has 0 heterocycles. The number of likely N-dealkylation sites (N-methyl/N-ethyl adjacent to an activating group) is 1. The summed E-state index contributed by atoms with van der Waals surface area (Å²) in [6, 6.07) is 7.57. The Balaban J connectivity index is 2.57. The summed E-state index contributed by atoms with van der Waals surface area (Å²) in [5.74, 6) is -0.294. The third-order valence-corrected chi connectivity index (χ3v) is 3.17. The van der Waals surface area contributed by atoms with Gasteiger partial charge in [0.2, 0.25) is 0 Å². The van der Waals surface area contributed by atoms with E-state index in [1.54, 1.807) is 7.05 Å². The molecule has 0 spiro atoms. The van der Waals surface area contributed by atoms with E-state index in [0.717, 1.165) is 5.56 Å². The van der Waals surface area contributed by atoms with Crippen LogP contribution < -0.4 is 4.74 Å². The molecule has 0 aliphatic rings. The quantitative estimate of drug-likeness (QED) is 0.799. The second-order valence-electron chi connectivity index (χ2n) is 5.09. The smallest absolute Gasteiger partial charge is 0.303 e. The van der Waals surface area contributed by atoms with E-state index < -0.39 is 12.1 Å². The summed E-state index contributed by atoms with van der Waals surface area (Å²) < 4.78 is 5.75. The minimum Gasteiger partial charge on any atom is -0.481 e. The van der Waals surface area contributed by atoms with Crippen molar-refractivity contribution >= 4 is 11.9 Å². The van der Waals surface area contributed by atoms with Gasteiger partial charge in [-0.25, -0.2) is 0 Å². The zero-order chi connectivity index (χ0) is 15.8. The van der Waals surface area contributed by atoms with Crippen molar-refractivity contribution in [2.24, 2.45) is 0 Å². The number of carbonyl (C=O) groups excluding carboxylic acids is 1. The maximum atomic E-state index is 12.3. The first-order valence-electron chi connectivity index (χ1n) is 7.14. The van der Waals surface area contributed by atoms with Crippen LogP contribution in [-0.4, -0.2) is 41.6 Å². The number of nitrogens with zero attached hydrogens (tertiary/aromatic N) is 1. The van der Waals surface area contributed by atoms with Gasteiger partial charge in [-0.2, -0.15) is 0 Å². The van der Waals surface area contributed by atoms with Crippen LogP contribution in [0, 0.1) is 6.92 Å². The molecule has 0 bridgehead atoms. The van der Waals surface area contributed by atoms with Crippen molar-refractivity contribution in [1.82, 2.24) is 4.90 Å². The van der Waals surface area contributed by atoms with Gasteiger partial charge in [-0.05, 0) is 37.5 Å². The molecule has 5 heteroatoms. The summed E-state index contributed by atoms with van der Waals surface area (Å²) in [5.41, 5.74) is 1.07. The Hall–Kier alpha value is -2.04. The van der Waals surface area contributed by atoms with Gasteiger partial charge < -0.3 is 14.7 Å². The molecule has 1 N–H and O–H groups in total. The number of aryl methyl sites for hydroxylation is 1. The van der Waals surface area contributed by atoms with Crippen LogP contribution >= 0.6 is 0 Å². The number of hydrogen-bond donors (Lipinski definition) is 1. The topological polar surface area (TPSA) is 66.8 Å². The second-order valence-corrected chi connectivity index (χ2v) is 5.09. The number of rotatable bonds is 8. The van der Waals surface area contributed by atoms with Gasteiger partial charge in [-0.3, -0.25) is 9.59 Å². The van der Waals surface area contributed by atoms with E-state index in [0.29, 0.717) is 25.1 Å². The van der Waals surface area contributed by atoms with Gasteiger partial charge in [0, 0.05) is 20.0 Å². The average molecular weight is 293 g/mol. The highest BCUT2D eigenvalue weighted by molar-refractivity contribution is 5.81. The predicted octanol–water partition coefficient (Wildman–Crippen LogP) is 2.48. The van der Waals surface area contributed by atoms with Crippen molar-refractivity contribution in [3.8, 4) is 5.75 Å². The Morgan fingerprint density at radius 2 is 2.10 bits per heavy atom. The number of aliphatic carboxylic acids is 1. The van der Waals surface area contributed by atoms with Crippen LogP contribution in [0.1, 0.15) is 31.7 Å². The summed E-state index contributed by atoms with van der Waals surface area (Å²) in [6.45, 7) is 4.27. The van der Waals surface area contributed by atoms with Gasteiger partial charge in [0.05, 0.1) is 0 Å². The molecule has 1 amide bonds. The van der Waals surface area contributed by atoms with Gasteiger partial charge in [-0.1, -0.05) is 19.1 Å². The van der Waals surface area contributed by atoms with Crippen LogP contribution in [0.15, 0.2) is 24.3 Å². The molecule has 0 saturated heterocycles. The molecule has 1 unspecified atom stereocenters. The van der Waals surface area contributed by atoms with Crippen LogP contribution in [0.5, 0.6) is 5.75 Å². The lowest BCUT2D eigenvalue weighted by Crippen LogP contribution is -2.40. The molecule has 0 radical (unpaired) electrons. The molecule has 0 fully saturated rings. The molecule has 1 rings (SSSR count). The first-order valence-corrected chi connectivity index (χ1v) is 7.14. The van der Waals surface area contributed by atoms with Crippen LogP contribution in [0.2, 0.25) is 0 Å². The molecule has 0 aliphatic heterocycles. The van der Waals surface area contributed by atoms with Crippen molar-refractivity contribution in [3.63, 3.8) is 0 Å². The number of hydrogen-bond acceptors (Lipinski definition) is 3. The molecule has 0 aromatic heterocycles. The van der Waals surface area contributed by atoms with E-state index in [1.165, 1.54) is 4.90 Å². The van der Waals surface area contributed by atoms with Crippen LogP contribution in [0.25, 0.3) is 0 Å². The lowest BCUT2D eigenvalue weighted by Gasteiger charge is -2.23. The molecule has 5 nitrogen and oxygen atoms in total. The van der Waals surface area contributed by atoms with E-state index >= 15 is 0 Å². The molecule has 1 aromatic rings. The lowest BCUT2D eigenvalue weighted by atomic mass is 10.2. The Bertz CT molecular complexity index is 487. The Morgan fingerprint density at radius 1 is 1.38 bits per heavy atom. The summed E-state index contributed by atoms with van der Waals surface area (Å²) in [5, 5.41) is 8.61. The fourth-order valence-electron chi connectivity index (χ4n) is 1.98. The van der Waals surface area contributed by atoms with Crippen LogP contribution in [0.3, 0.4) is 0 Å². The van der Waals surface area contributed by atoms with Gasteiger partial charge >= 0.3 is 5.97 Å². The molecule has 21 heavy (non-hydrogen) atoms. The largest absolute Gasteiger partial charge is 0.481 e. The number of ether oxygens (including phenoxy) is 1. The highest BCUT2D eigenvalue weighted by Gasteiger charge is 2.22. The zero-order valence-electron chi connectivity index (χ0n) is 12.8. The Morgan fingerprint density at radius 3 is 2.67 bits per heavy atom. The SMILES string of the molecule is CCC(Oc1cccc(C)c1)C(=O)N(C)CCCC(=O)O. The van der Waals surface area contributed by atoms with E-state index in [9.17, 15) is 9.59 Å². The van der Waals surface area contributed by atoms with Gasteiger partial charge in [0.25, 0.3) is 5.91 Å². The van der Waals surface area contributed by atoms with Crippen molar-refractivity contribution in [3.05, 3.63) is 29.8 Å². The number of amides is 1. The molecule has 0 aliphatic carbocycles. The van der Waals surface area contributed by atoms with Crippen molar-refractivity contribution in [2.75, 3.05) is 13.6 Å². The van der Waals surface area contributed by atoms with Crippen molar-refractivity contribution in [2.45, 2.75) is 39.2 Å². The number of carboxylic acids is 1. The monoisotopic (exact) mass is 293 g/mol. The van der Waals surface area contributed by atoms with E-state index in [2.05, 4.69) is 0 Å². The van der Waals surface area contributed by atoms with E-state index in [1.807, 2.05) is 38.1 Å². The second kappa shape index (κ2) is 8.29. The third kappa shape index (κ3) is 5.85. The van der Waals surface area contributed by atoms with Crippen LogP contribution in [0.4, 0.5) is 0 Å². The highest BCUT2D eigenvalue weighted by Crippen LogP contribution is 2.16. The first kappa shape index (κ1) is 17.0. The van der Waals surface area contributed by atoms with Crippen molar-refractivity contribution in [1.29, 1.82) is 0 Å². The number of carbonyl (C=O) groups is 2. The Kier molecular flexibility index (Phi) is 6.72. The molecule has 0 saturated carbocycles. The van der Waals surface area contributed by atoms with E-state index in [-0.39, 0.29) is 12.3 Å². The summed E-state index contributed by atoms with van der Waals surface area (Å²) in [6.07, 6.45) is 0.531. The molecule has 116 valence electrons. The molecular formula is C16H23NO4. The number of benzene rings is 1. The minimum atomic E-state index is -0.848. The van der Waals surface area contributed by atoms with Gasteiger partial charge in [-0.15, -0.1) is 0 Å². The van der Waals surface area contributed by atoms with Crippen molar-refractivity contribution < 1.29 is 19.4 Å². The first-order chi connectivity index (χ1) is 9.93. The summed E-state index contributed by atoms with van der Waals surface area (Å²) >= 11 is 0. The minimum absolute atomic E-state index is 0.0626. The maximum Gasteiger partial charge on any atom is 0.303 e. The number of carboxylic acid groups (broad SMARTS) is 1. The normalized spacial score (nSPS) is 11.8. The molecular weight excluding hydrogens is 270 g/mol. The summed E-state index contributed by atoms with van der Waals surface area (Å²) in [7, 11) is 1.67. The zero-order valence-corrected chi connectivity index (χ0v) is 12.8. The molecule has 1 atom stereocenters. The Labute approximate surface area is 125 Å². The lowest BCUT2D eigenvalue weighted by molar-refractivity contribution is -0.140. The molecule has 1 aromatic carbocycles. The summed E-state index contributed by atoms with van der Waals surface area (Å²) in [4.78, 5) is 24.3.